The molecule has 6 rings (SSSR count). The topological polar surface area (TPSA) is 0 Å². The first-order valence-corrected chi connectivity index (χ1v) is 13.7. The maximum absolute atomic E-state index is 3.91. The van der Waals surface area contributed by atoms with Gasteiger partial charge in [-0.05, 0) is 58.4 Å². The van der Waals surface area contributed by atoms with Crippen molar-refractivity contribution in [3.8, 4) is 11.5 Å². The molecule has 1 heteroatoms. The molecule has 0 aromatic heterocycles. The van der Waals surface area contributed by atoms with Crippen molar-refractivity contribution in [2.45, 2.75) is 44.8 Å². The van der Waals surface area contributed by atoms with Crippen LogP contribution in [0.3, 0.4) is 0 Å². The van der Waals surface area contributed by atoms with E-state index in [1.165, 1.54) is 44.5 Å². The Labute approximate surface area is 169 Å². The van der Waals surface area contributed by atoms with Gasteiger partial charge in [-0.1, -0.05) is 86.2 Å². The first-order chi connectivity index (χ1) is 13.3. The lowest BCUT2D eigenvalue weighted by Crippen LogP contribution is -2.42. The SMILES string of the molecule is Cc1ccc(C)c2c1C1c3ccccc3C2(C#C[Si](C)(C)C)c2ccccc21. The van der Waals surface area contributed by atoms with Gasteiger partial charge in [0.05, 0.1) is 0 Å². The minimum atomic E-state index is -1.54. The average Bonchev–Trinajstić information content (AvgIpc) is 2.68. The van der Waals surface area contributed by atoms with Crippen molar-refractivity contribution in [3.63, 3.8) is 0 Å². The second kappa shape index (κ2) is 5.72. The van der Waals surface area contributed by atoms with Crippen LogP contribution in [0.4, 0.5) is 0 Å². The summed E-state index contributed by atoms with van der Waals surface area (Å²) in [5.74, 6) is 4.23. The first kappa shape index (κ1) is 17.5. The molecular weight excluding hydrogens is 352 g/mol. The highest BCUT2D eigenvalue weighted by atomic mass is 28.3. The van der Waals surface area contributed by atoms with Crippen LogP contribution in [0.2, 0.25) is 19.6 Å². The molecule has 0 aliphatic heterocycles. The van der Waals surface area contributed by atoms with Crippen LogP contribution in [0.15, 0.2) is 60.7 Å². The summed E-state index contributed by atoms with van der Waals surface area (Å²) in [5, 5.41) is 0. The van der Waals surface area contributed by atoms with Crippen LogP contribution < -0.4 is 0 Å². The van der Waals surface area contributed by atoms with Gasteiger partial charge in [0.15, 0.2) is 0 Å². The maximum atomic E-state index is 3.91. The van der Waals surface area contributed by atoms with Gasteiger partial charge in [0.25, 0.3) is 0 Å². The monoisotopic (exact) mass is 378 g/mol. The third kappa shape index (κ3) is 2.19. The van der Waals surface area contributed by atoms with Crippen molar-refractivity contribution < 1.29 is 0 Å². The Hall–Kier alpha value is -2.56. The minimum Gasteiger partial charge on any atom is -0.130 e. The number of hydrogen-bond donors (Lipinski definition) is 0. The normalized spacial score (nSPS) is 21.2. The number of aryl methyl sites for hydroxylation is 2. The fraction of sp³-hybridized carbons (Fsp3) is 0.259. The third-order valence-corrected chi connectivity index (χ3v) is 7.19. The lowest BCUT2D eigenvalue weighted by atomic mass is 9.52. The van der Waals surface area contributed by atoms with E-state index in [1.807, 2.05) is 0 Å². The van der Waals surface area contributed by atoms with Gasteiger partial charge >= 0.3 is 0 Å². The highest BCUT2D eigenvalue weighted by Gasteiger charge is 2.52. The van der Waals surface area contributed by atoms with Crippen LogP contribution in [-0.2, 0) is 5.41 Å². The van der Waals surface area contributed by atoms with Gasteiger partial charge < -0.3 is 0 Å². The molecule has 0 spiro atoms. The summed E-state index contributed by atoms with van der Waals surface area (Å²) in [6.45, 7) is 11.6. The lowest BCUT2D eigenvalue weighted by Gasteiger charge is -2.49. The second-order valence-corrected chi connectivity index (χ2v) is 14.1. The second-order valence-electron chi connectivity index (χ2n) is 9.35. The van der Waals surface area contributed by atoms with E-state index in [0.29, 0.717) is 5.92 Å². The van der Waals surface area contributed by atoms with Crippen molar-refractivity contribution in [1.82, 2.24) is 0 Å². The molecule has 138 valence electrons. The van der Waals surface area contributed by atoms with E-state index in [9.17, 15) is 0 Å². The fourth-order valence-electron chi connectivity index (χ4n) is 5.25. The van der Waals surface area contributed by atoms with Crippen LogP contribution in [0.1, 0.15) is 50.4 Å². The van der Waals surface area contributed by atoms with E-state index in [4.69, 9.17) is 0 Å². The molecule has 3 aliphatic rings. The van der Waals surface area contributed by atoms with E-state index in [0.717, 1.165) is 0 Å². The van der Waals surface area contributed by atoms with Crippen LogP contribution in [-0.4, -0.2) is 8.07 Å². The molecule has 0 heterocycles. The van der Waals surface area contributed by atoms with E-state index in [-0.39, 0.29) is 5.41 Å². The van der Waals surface area contributed by atoms with E-state index in [2.05, 4.69) is 106 Å². The van der Waals surface area contributed by atoms with Crippen LogP contribution in [0, 0.1) is 25.3 Å². The average molecular weight is 379 g/mol. The highest BCUT2D eigenvalue weighted by molar-refractivity contribution is 6.83. The van der Waals surface area contributed by atoms with E-state index in [1.54, 1.807) is 0 Å². The molecule has 0 amide bonds. The summed E-state index contributed by atoms with van der Waals surface area (Å²) in [6, 6.07) is 22.6. The van der Waals surface area contributed by atoms with Gasteiger partial charge in [-0.2, -0.15) is 0 Å². The maximum Gasteiger partial charge on any atom is 0.129 e. The van der Waals surface area contributed by atoms with E-state index < -0.39 is 8.07 Å². The zero-order chi connectivity index (χ0) is 19.7. The van der Waals surface area contributed by atoms with Crippen molar-refractivity contribution in [2.75, 3.05) is 0 Å². The van der Waals surface area contributed by atoms with Crippen molar-refractivity contribution in [1.29, 1.82) is 0 Å². The summed E-state index contributed by atoms with van der Waals surface area (Å²) < 4.78 is 0. The quantitative estimate of drug-likeness (QED) is 0.317. The molecule has 3 aromatic carbocycles. The molecule has 3 aromatic rings. The zero-order valence-corrected chi connectivity index (χ0v) is 18.4. The lowest BCUT2D eigenvalue weighted by molar-refractivity contribution is 0.658. The van der Waals surface area contributed by atoms with Gasteiger partial charge in [-0.15, -0.1) is 5.54 Å². The fourth-order valence-corrected chi connectivity index (χ4v) is 5.82. The molecule has 0 saturated heterocycles. The van der Waals surface area contributed by atoms with Gasteiger partial charge in [0.2, 0.25) is 0 Å². The summed E-state index contributed by atoms with van der Waals surface area (Å²) in [7, 11) is -1.54. The number of benzene rings is 3. The Morgan fingerprint density at radius 3 is 1.86 bits per heavy atom. The summed E-state index contributed by atoms with van der Waals surface area (Å²) in [5.41, 5.74) is 14.8. The minimum absolute atomic E-state index is 0.317. The van der Waals surface area contributed by atoms with Gasteiger partial charge in [-0.25, -0.2) is 0 Å². The van der Waals surface area contributed by atoms with Crippen molar-refractivity contribution >= 4 is 8.07 Å². The summed E-state index contributed by atoms with van der Waals surface area (Å²) >= 11 is 0. The molecule has 3 aliphatic carbocycles. The molecule has 0 N–H and O–H groups in total. The Morgan fingerprint density at radius 2 is 1.29 bits per heavy atom. The Morgan fingerprint density at radius 1 is 0.750 bits per heavy atom. The third-order valence-electron chi connectivity index (χ3n) is 6.31. The molecule has 2 bridgehead atoms. The summed E-state index contributed by atoms with van der Waals surface area (Å²) in [4.78, 5) is 0. The first-order valence-electron chi connectivity index (χ1n) is 10.2. The van der Waals surface area contributed by atoms with Gasteiger partial charge in [0, 0.05) is 5.92 Å². The molecule has 0 fully saturated rings. The van der Waals surface area contributed by atoms with Crippen LogP contribution in [0.5, 0.6) is 0 Å². The number of rotatable bonds is 0. The zero-order valence-electron chi connectivity index (χ0n) is 17.4. The molecule has 0 atom stereocenters. The Bertz CT molecular complexity index is 1130. The van der Waals surface area contributed by atoms with Gasteiger partial charge in [0.1, 0.15) is 13.5 Å². The smallest absolute Gasteiger partial charge is 0.129 e. The Kier molecular flexibility index (Phi) is 3.58. The van der Waals surface area contributed by atoms with Crippen LogP contribution >= 0.6 is 0 Å². The standard InChI is InChI=1S/C27H26Si/c1-18-14-15-19(2)26-24(18)25-20-10-6-8-12-22(20)27(26,16-17-28(3,4)5)23-13-9-7-11-21(23)25/h6-15,25H,1-5H3. The Balaban J connectivity index is 2.02. The largest absolute Gasteiger partial charge is 0.130 e. The van der Waals surface area contributed by atoms with Crippen LogP contribution in [0.25, 0.3) is 0 Å². The molecule has 0 saturated carbocycles. The molecule has 0 radical (unpaired) electrons. The molecule has 0 unspecified atom stereocenters. The van der Waals surface area contributed by atoms with E-state index >= 15 is 0 Å². The predicted molar refractivity (Wildman–Crippen MR) is 121 cm³/mol. The molecule has 0 nitrogen and oxygen atoms in total. The van der Waals surface area contributed by atoms with Crippen molar-refractivity contribution in [3.05, 3.63) is 105 Å². The predicted octanol–water partition coefficient (Wildman–Crippen LogP) is 6.33. The molecular formula is C27H26Si. The van der Waals surface area contributed by atoms with Gasteiger partial charge in [-0.3, -0.25) is 0 Å². The summed E-state index contributed by atoms with van der Waals surface area (Å²) in [6.07, 6.45) is 0. The highest BCUT2D eigenvalue weighted by Crippen LogP contribution is 2.60. The molecule has 28 heavy (non-hydrogen) atoms. The van der Waals surface area contributed by atoms with Crippen molar-refractivity contribution in [2.24, 2.45) is 0 Å². The number of hydrogen-bond acceptors (Lipinski definition) is 0.